The number of ether oxygens (including phenoxy) is 2. The van der Waals surface area contributed by atoms with Gasteiger partial charge in [-0.2, -0.15) is 8.42 Å². The minimum Gasteiger partial charge on any atom is -0.481 e. The summed E-state index contributed by atoms with van der Waals surface area (Å²) in [6.45, 7) is 11.7. The van der Waals surface area contributed by atoms with E-state index < -0.39 is 120 Å². The molecule has 7 aromatic carbocycles. The molecule has 544 valence electrons. The van der Waals surface area contributed by atoms with E-state index in [0.717, 1.165) is 18.4 Å². The molecule has 0 unspecified atom stereocenters. The number of nitrogens with one attached hydrogen (secondary N) is 1. The van der Waals surface area contributed by atoms with Gasteiger partial charge in [0, 0.05) is 43.0 Å². The van der Waals surface area contributed by atoms with Crippen LogP contribution in [0.3, 0.4) is 0 Å². The Hall–Kier alpha value is -10.6. The normalized spacial score (nSPS) is 10.9. The van der Waals surface area contributed by atoms with Gasteiger partial charge in [0.1, 0.15) is 22.6 Å². The molecular weight excluding hydrogens is 1360 g/mol. The molecule has 1 amide bonds. The number of carbonyl (C=O) groups excluding carboxylic acids is 3. The molecule has 32 heteroatoms. The Balaban J connectivity index is 0.000000420. The predicted molar refractivity (Wildman–Crippen MR) is 371 cm³/mol. The number of unbranched alkanes of at least 4 members (excludes halogenated alkanes) is 12. The minimum absolute atomic E-state index is 0.0255. The summed E-state index contributed by atoms with van der Waals surface area (Å²) in [7, 11) is -8.86. The maximum atomic E-state index is 13.2. The Morgan fingerprint density at radius 3 is 1.38 bits per heavy atom. The molecule has 0 saturated heterocycles. The standard InChI is InChI=1S/C34H25N3O13.C16H32O2.C9H10NO6P.C7H8O3S.C3H6O2/c1-34(2,3)33(42)50-29-23(21-11-7-5-9-18(21)13-25(29)32(40)41)16-22-20-10-6-4-8-17(20)12-24(31(38)39)28(22)49-30-26(36(45)46)14-19(35(43)44)15-27(30)37(47)48;1-2-3-4-5-6-7-8-9-10-11-12-13-14-15-16(17)18;1-6(11)10-8-4-2-7(3-5-8)9(12)16-17(13,14)15;1-6-2-4-7(5-3-6)11(8,9)10;1-2-3(4)5/h4-15H,16H2,1-3H3,(H,38,39)(H,40,41);2-15H2,1H3,(H,17,18);2-5H,1H3,(H,10,11)(H2,13,14,15);2-5H,1H3,(H,8,9,10);2H2,1H3,(H,4,5). The predicted octanol–water partition coefficient (Wildman–Crippen LogP) is 15.6. The monoisotopic (exact) mass is 1440 g/mol. The van der Waals surface area contributed by atoms with E-state index in [1.54, 1.807) is 88.4 Å². The number of hydrogen-bond acceptors (Lipinski definition) is 19. The van der Waals surface area contributed by atoms with Crippen molar-refractivity contribution in [3.05, 3.63) is 185 Å². The van der Waals surface area contributed by atoms with Gasteiger partial charge in [-0.05, 0) is 104 Å². The van der Waals surface area contributed by atoms with Crippen LogP contribution in [0.1, 0.15) is 186 Å². The summed E-state index contributed by atoms with van der Waals surface area (Å²) in [6, 6.07) is 27.5. The van der Waals surface area contributed by atoms with E-state index in [9.17, 15) is 87.1 Å². The molecule has 101 heavy (non-hydrogen) atoms. The SMILES string of the molecule is CC(=O)Nc1ccc(C(=O)OP(=O)(O)O)cc1.CC(C)(C)C(=O)Oc1c(C(=O)O)cc2ccccc2c1Cc1c(Oc2c([N+](=O)[O-])cc([N+](=O)[O-])cc2[N+](=O)[O-])c(C(=O)O)cc2ccccc12.CCC(=O)O.CCCCCCCCCCCCCCCC(=O)O.Cc1ccc(S(=O)(=O)O)cc1. The van der Waals surface area contributed by atoms with Crippen molar-refractivity contribution in [3.63, 3.8) is 0 Å². The third kappa shape index (κ3) is 29.0. The molecule has 0 spiro atoms. The molecule has 8 N–H and O–H groups in total. The number of rotatable bonds is 29. The van der Waals surface area contributed by atoms with Crippen molar-refractivity contribution in [1.29, 1.82) is 0 Å². The summed E-state index contributed by atoms with van der Waals surface area (Å²) in [5, 5.41) is 76.3. The van der Waals surface area contributed by atoms with Crippen LogP contribution in [0, 0.1) is 42.7 Å². The summed E-state index contributed by atoms with van der Waals surface area (Å²) in [4.78, 5) is 129. The highest BCUT2D eigenvalue weighted by Crippen LogP contribution is 2.47. The first-order valence-electron chi connectivity index (χ1n) is 31.5. The number of carbonyl (C=O) groups is 7. The largest absolute Gasteiger partial charge is 0.527 e. The van der Waals surface area contributed by atoms with Gasteiger partial charge >= 0.3 is 55.0 Å². The molecule has 0 aliphatic rings. The lowest BCUT2D eigenvalue weighted by Gasteiger charge is -2.22. The van der Waals surface area contributed by atoms with Gasteiger partial charge in [-0.25, -0.2) is 18.9 Å². The van der Waals surface area contributed by atoms with Crippen molar-refractivity contribution in [2.45, 2.75) is 156 Å². The number of non-ortho nitro benzene ring substituents is 1. The Morgan fingerprint density at radius 1 is 0.574 bits per heavy atom. The van der Waals surface area contributed by atoms with Crippen LogP contribution >= 0.6 is 7.82 Å². The summed E-state index contributed by atoms with van der Waals surface area (Å²) in [6.07, 6.45) is 17.1. The lowest BCUT2D eigenvalue weighted by molar-refractivity contribution is -0.404. The number of amides is 1. The van der Waals surface area contributed by atoms with Crippen LogP contribution in [0.25, 0.3) is 21.5 Å². The maximum Gasteiger partial charge on any atom is 0.527 e. The number of nitro benzene ring substituents is 3. The number of fused-ring (bicyclic) bond motifs is 2. The van der Waals surface area contributed by atoms with E-state index in [2.05, 4.69) is 16.8 Å². The van der Waals surface area contributed by atoms with Crippen LogP contribution in [0.4, 0.5) is 22.7 Å². The molecule has 7 aromatic rings. The molecule has 30 nitrogen and oxygen atoms in total. The van der Waals surface area contributed by atoms with Crippen LogP contribution < -0.4 is 14.8 Å². The Kier molecular flexibility index (Phi) is 33.9. The maximum absolute atomic E-state index is 13.2. The lowest BCUT2D eigenvalue weighted by atomic mass is 9.90. The van der Waals surface area contributed by atoms with Gasteiger partial charge in [0.15, 0.2) is 0 Å². The Labute approximate surface area is 580 Å². The van der Waals surface area contributed by atoms with E-state index in [0.29, 0.717) is 40.4 Å². The van der Waals surface area contributed by atoms with Gasteiger partial charge in [0.05, 0.1) is 42.8 Å². The van der Waals surface area contributed by atoms with Gasteiger partial charge < -0.3 is 39.7 Å². The van der Waals surface area contributed by atoms with Crippen LogP contribution in [0.2, 0.25) is 0 Å². The highest BCUT2D eigenvalue weighted by Gasteiger charge is 2.36. The number of anilines is 1. The zero-order valence-electron chi connectivity index (χ0n) is 56.4. The van der Waals surface area contributed by atoms with Crippen LogP contribution in [0.15, 0.2) is 126 Å². The molecule has 7 rings (SSSR count). The fraction of sp³-hybridized carbons (Fsp3) is 0.348. The molecular formula is C69H81N4O26PS. The molecule has 0 radical (unpaired) electrons. The molecule has 0 aliphatic heterocycles. The molecule has 0 saturated carbocycles. The second-order valence-electron chi connectivity index (χ2n) is 23.6. The highest BCUT2D eigenvalue weighted by molar-refractivity contribution is 7.85. The number of hydrogen-bond donors (Lipinski definition) is 8. The number of phosphoric acid groups is 1. The molecule has 0 atom stereocenters. The highest BCUT2D eigenvalue weighted by atomic mass is 32.2. The lowest BCUT2D eigenvalue weighted by Crippen LogP contribution is -2.27. The van der Waals surface area contributed by atoms with E-state index in [4.69, 9.17) is 34.0 Å². The third-order valence-electron chi connectivity index (χ3n) is 14.4. The number of carboxylic acids is 4. The van der Waals surface area contributed by atoms with Gasteiger partial charge in [0.2, 0.25) is 5.91 Å². The van der Waals surface area contributed by atoms with Crippen molar-refractivity contribution < 1.29 is 110 Å². The van der Waals surface area contributed by atoms with E-state index in [-0.39, 0.29) is 45.0 Å². The Bertz CT molecular complexity index is 4230. The fourth-order valence-electron chi connectivity index (χ4n) is 9.36. The fourth-order valence-corrected chi connectivity index (χ4v) is 10.2. The van der Waals surface area contributed by atoms with Crippen molar-refractivity contribution in [1.82, 2.24) is 0 Å². The molecule has 0 aliphatic carbocycles. The topological polar surface area (TPSA) is 481 Å². The van der Waals surface area contributed by atoms with E-state index in [1.807, 2.05) is 6.92 Å². The molecule has 0 aromatic heterocycles. The first-order valence-corrected chi connectivity index (χ1v) is 34.5. The van der Waals surface area contributed by atoms with Gasteiger partial charge in [-0.15, -0.1) is 0 Å². The van der Waals surface area contributed by atoms with Crippen LogP contribution in [-0.4, -0.2) is 99.7 Å². The zero-order chi connectivity index (χ0) is 76.0. The second-order valence-corrected chi connectivity index (χ2v) is 26.2. The molecule has 0 bridgehead atoms. The van der Waals surface area contributed by atoms with E-state index in [1.165, 1.54) is 126 Å². The van der Waals surface area contributed by atoms with E-state index >= 15 is 0 Å². The molecule has 0 heterocycles. The van der Waals surface area contributed by atoms with Crippen molar-refractivity contribution in [3.8, 4) is 17.2 Å². The first-order chi connectivity index (χ1) is 47.3. The molecule has 0 fully saturated rings. The van der Waals surface area contributed by atoms with Gasteiger partial charge in [-0.1, -0.05) is 157 Å². The first kappa shape index (κ1) is 84.6. The number of phosphoric ester groups is 1. The number of aromatic carboxylic acids is 2. The number of esters is 1. The van der Waals surface area contributed by atoms with Crippen molar-refractivity contribution in [2.24, 2.45) is 5.41 Å². The zero-order valence-corrected chi connectivity index (χ0v) is 58.2. The number of nitrogens with zero attached hydrogens (tertiary/aromatic N) is 3. The minimum atomic E-state index is -4.84. The number of carboxylic acid groups (broad SMARTS) is 4. The van der Waals surface area contributed by atoms with Gasteiger partial charge in [0.25, 0.3) is 21.6 Å². The summed E-state index contributed by atoms with van der Waals surface area (Å²) in [5.74, 6) is -8.73. The van der Waals surface area contributed by atoms with Gasteiger partial charge in [-0.3, -0.25) is 63.9 Å². The smallest absolute Gasteiger partial charge is 0.481 e. The number of aliphatic carboxylic acids is 2. The number of aryl methyl sites for hydroxylation is 1. The van der Waals surface area contributed by atoms with Crippen molar-refractivity contribution >= 4 is 104 Å². The van der Waals surface area contributed by atoms with Crippen LogP contribution in [0.5, 0.6) is 17.2 Å². The Morgan fingerprint density at radius 2 is 1.00 bits per heavy atom. The second kappa shape index (κ2) is 40.5. The third-order valence-corrected chi connectivity index (χ3v) is 15.7. The van der Waals surface area contributed by atoms with Crippen molar-refractivity contribution in [2.75, 3.05) is 5.32 Å². The van der Waals surface area contributed by atoms with Crippen LogP contribution in [-0.2, 0) is 44.8 Å². The number of benzene rings is 7. The summed E-state index contributed by atoms with van der Waals surface area (Å²) >= 11 is 0. The summed E-state index contributed by atoms with van der Waals surface area (Å²) < 4.78 is 55.5. The summed E-state index contributed by atoms with van der Waals surface area (Å²) in [5.41, 5.74) is -4.05. The average molecular weight is 1450 g/mol. The quantitative estimate of drug-likeness (QED) is 0.00410. The number of nitro groups is 3. The average Bonchev–Trinajstić information content (AvgIpc) is 0.751.